The van der Waals surface area contributed by atoms with Crippen LogP contribution in [0.15, 0.2) is 26.8 Å². The molecule has 0 N–H and O–H groups in total. The first kappa shape index (κ1) is 15.3. The van der Waals surface area contributed by atoms with Crippen molar-refractivity contribution in [3.8, 4) is 0 Å². The van der Waals surface area contributed by atoms with Gasteiger partial charge in [0.05, 0.1) is 18.8 Å². The van der Waals surface area contributed by atoms with Crippen LogP contribution in [0.2, 0.25) is 0 Å². The molecule has 122 valence electrons. The number of hydrogen-bond donors (Lipinski definition) is 0. The van der Waals surface area contributed by atoms with E-state index in [1.807, 2.05) is 18.4 Å². The molecular formula is C15H20N6O2. The molecule has 0 unspecified atom stereocenters. The average Bonchev–Trinajstić information content (AvgIpc) is 2.84. The highest BCUT2D eigenvalue weighted by atomic mass is 16.2. The van der Waals surface area contributed by atoms with Gasteiger partial charge in [-0.15, -0.1) is 0 Å². The molecule has 1 aliphatic rings. The molecular weight excluding hydrogens is 296 g/mol. The summed E-state index contributed by atoms with van der Waals surface area (Å²) in [6, 6.07) is 0. The minimum absolute atomic E-state index is 0.311. The lowest BCUT2D eigenvalue weighted by Crippen LogP contribution is -2.39. The van der Waals surface area contributed by atoms with E-state index in [0.717, 1.165) is 11.3 Å². The van der Waals surface area contributed by atoms with Gasteiger partial charge in [-0.2, -0.15) is 10.1 Å². The zero-order chi connectivity index (χ0) is 16.9. The van der Waals surface area contributed by atoms with Gasteiger partial charge in [-0.3, -0.25) is 18.5 Å². The van der Waals surface area contributed by atoms with E-state index >= 15 is 0 Å². The SMILES string of the molecule is C=C(C)CN1N=C(C)Cn2c1nc1c2c(=O)n(CC)c(=O)n1C. The highest BCUT2D eigenvalue weighted by Crippen LogP contribution is 2.24. The molecule has 2 aromatic heterocycles. The van der Waals surface area contributed by atoms with Crippen molar-refractivity contribution in [3.63, 3.8) is 0 Å². The molecule has 2 aromatic rings. The predicted molar refractivity (Wildman–Crippen MR) is 90.2 cm³/mol. The van der Waals surface area contributed by atoms with E-state index in [1.165, 1.54) is 9.13 Å². The maximum atomic E-state index is 12.7. The van der Waals surface area contributed by atoms with Crippen LogP contribution in [0.5, 0.6) is 0 Å². The zero-order valence-electron chi connectivity index (χ0n) is 13.8. The van der Waals surface area contributed by atoms with Crippen molar-refractivity contribution in [1.29, 1.82) is 0 Å². The van der Waals surface area contributed by atoms with E-state index in [4.69, 9.17) is 0 Å². The summed E-state index contributed by atoms with van der Waals surface area (Å²) in [6.07, 6.45) is 0. The topological polar surface area (TPSA) is 77.4 Å². The standard InChI is InChI=1S/C15H20N6O2/c1-6-19-13(22)11-12(18(5)15(19)23)16-14-20(11)8-10(4)17-21(14)7-9(2)3/h2,6-8H2,1,3-5H3. The molecule has 0 saturated heterocycles. The van der Waals surface area contributed by atoms with Gasteiger partial charge in [0.2, 0.25) is 5.95 Å². The van der Waals surface area contributed by atoms with E-state index in [1.54, 1.807) is 19.0 Å². The predicted octanol–water partition coefficient (Wildman–Crippen LogP) is 0.689. The smallest absolute Gasteiger partial charge is 0.297 e. The van der Waals surface area contributed by atoms with Crippen LogP contribution in [0.4, 0.5) is 5.95 Å². The number of nitrogens with zero attached hydrogens (tertiary/aromatic N) is 6. The van der Waals surface area contributed by atoms with Crippen LogP contribution in [-0.4, -0.2) is 30.9 Å². The third-order valence-electron chi connectivity index (χ3n) is 3.86. The van der Waals surface area contributed by atoms with E-state index in [0.29, 0.717) is 36.7 Å². The molecule has 0 fully saturated rings. The molecule has 0 radical (unpaired) electrons. The van der Waals surface area contributed by atoms with Crippen molar-refractivity contribution in [1.82, 2.24) is 18.7 Å². The monoisotopic (exact) mass is 316 g/mol. The highest BCUT2D eigenvalue weighted by molar-refractivity contribution is 5.87. The molecule has 1 aliphatic heterocycles. The molecule has 8 heteroatoms. The Morgan fingerprint density at radius 3 is 2.65 bits per heavy atom. The fraction of sp³-hybridized carbons (Fsp3) is 0.467. The van der Waals surface area contributed by atoms with Crippen molar-refractivity contribution in [2.24, 2.45) is 12.1 Å². The maximum Gasteiger partial charge on any atom is 0.332 e. The number of rotatable bonds is 3. The van der Waals surface area contributed by atoms with Crippen molar-refractivity contribution < 1.29 is 0 Å². The second-order valence-electron chi connectivity index (χ2n) is 5.91. The molecule has 8 nitrogen and oxygen atoms in total. The van der Waals surface area contributed by atoms with Crippen molar-refractivity contribution >= 4 is 22.8 Å². The van der Waals surface area contributed by atoms with Gasteiger partial charge in [0.1, 0.15) is 0 Å². The van der Waals surface area contributed by atoms with Gasteiger partial charge in [0, 0.05) is 13.6 Å². The number of imidazole rings is 1. The van der Waals surface area contributed by atoms with Gasteiger partial charge in [-0.1, -0.05) is 12.2 Å². The summed E-state index contributed by atoms with van der Waals surface area (Å²) in [5.41, 5.74) is 1.95. The fourth-order valence-corrected chi connectivity index (χ4v) is 2.86. The zero-order valence-corrected chi connectivity index (χ0v) is 13.8. The van der Waals surface area contributed by atoms with Gasteiger partial charge >= 0.3 is 5.69 Å². The third kappa shape index (κ3) is 2.21. The summed E-state index contributed by atoms with van der Waals surface area (Å²) < 4.78 is 4.47. The Labute approximate surface area is 133 Å². The fourth-order valence-electron chi connectivity index (χ4n) is 2.86. The van der Waals surface area contributed by atoms with Crippen molar-refractivity contribution in [2.45, 2.75) is 33.9 Å². The Morgan fingerprint density at radius 2 is 2.04 bits per heavy atom. The molecule has 0 spiro atoms. The quantitative estimate of drug-likeness (QED) is 0.781. The molecule has 3 heterocycles. The van der Waals surface area contributed by atoms with E-state index in [2.05, 4.69) is 16.7 Å². The Balaban J connectivity index is 2.37. The lowest BCUT2D eigenvalue weighted by atomic mass is 10.3. The minimum Gasteiger partial charge on any atom is -0.297 e. The number of aryl methyl sites for hydroxylation is 1. The maximum absolute atomic E-state index is 12.7. The van der Waals surface area contributed by atoms with Gasteiger partial charge in [0.15, 0.2) is 11.2 Å². The second-order valence-corrected chi connectivity index (χ2v) is 5.91. The first-order valence-corrected chi connectivity index (χ1v) is 7.51. The lowest BCUT2D eigenvalue weighted by molar-refractivity contribution is 0.634. The summed E-state index contributed by atoms with van der Waals surface area (Å²) in [5.74, 6) is 0.564. The van der Waals surface area contributed by atoms with Crippen molar-refractivity contribution in [2.75, 3.05) is 11.6 Å². The number of fused-ring (bicyclic) bond motifs is 3. The van der Waals surface area contributed by atoms with E-state index in [-0.39, 0.29) is 11.2 Å². The van der Waals surface area contributed by atoms with Crippen LogP contribution < -0.4 is 16.3 Å². The molecule has 0 atom stereocenters. The highest BCUT2D eigenvalue weighted by Gasteiger charge is 2.26. The summed E-state index contributed by atoms with van der Waals surface area (Å²) in [5, 5.41) is 6.22. The van der Waals surface area contributed by atoms with Crippen molar-refractivity contribution in [3.05, 3.63) is 33.0 Å². The molecule has 3 rings (SSSR count). The molecule has 0 aromatic carbocycles. The van der Waals surface area contributed by atoms with Crippen LogP contribution >= 0.6 is 0 Å². The van der Waals surface area contributed by atoms with E-state index < -0.39 is 0 Å². The van der Waals surface area contributed by atoms with Crippen LogP contribution in [-0.2, 0) is 20.1 Å². The molecule has 23 heavy (non-hydrogen) atoms. The Kier molecular flexibility index (Phi) is 3.46. The number of hydrogen-bond acceptors (Lipinski definition) is 5. The molecule has 0 amide bonds. The summed E-state index contributed by atoms with van der Waals surface area (Å²) in [4.78, 5) is 29.5. The number of hydrazone groups is 1. The van der Waals surface area contributed by atoms with Gasteiger partial charge in [-0.25, -0.2) is 9.80 Å². The summed E-state index contributed by atoms with van der Waals surface area (Å²) in [6.45, 7) is 10.8. The van der Waals surface area contributed by atoms with Crippen LogP contribution in [0.25, 0.3) is 11.2 Å². The number of anilines is 1. The Bertz CT molecular complexity index is 959. The first-order valence-electron chi connectivity index (χ1n) is 7.51. The summed E-state index contributed by atoms with van der Waals surface area (Å²) >= 11 is 0. The Hall–Kier alpha value is -2.64. The number of aromatic nitrogens is 4. The normalized spacial score (nSPS) is 14.1. The first-order chi connectivity index (χ1) is 10.8. The van der Waals surface area contributed by atoms with Crippen LogP contribution in [0.3, 0.4) is 0 Å². The molecule has 0 bridgehead atoms. The third-order valence-corrected chi connectivity index (χ3v) is 3.86. The summed E-state index contributed by atoms with van der Waals surface area (Å²) in [7, 11) is 1.63. The van der Waals surface area contributed by atoms with Gasteiger partial charge in [-0.05, 0) is 20.8 Å². The van der Waals surface area contributed by atoms with Crippen LogP contribution in [0, 0.1) is 0 Å². The molecule has 0 aliphatic carbocycles. The second kappa shape index (κ2) is 5.22. The minimum atomic E-state index is -0.357. The van der Waals surface area contributed by atoms with Gasteiger partial charge in [0.25, 0.3) is 5.56 Å². The van der Waals surface area contributed by atoms with Gasteiger partial charge < -0.3 is 0 Å². The van der Waals surface area contributed by atoms with Crippen LogP contribution in [0.1, 0.15) is 20.8 Å². The Morgan fingerprint density at radius 1 is 1.35 bits per heavy atom. The average molecular weight is 316 g/mol. The lowest BCUT2D eigenvalue weighted by Gasteiger charge is -2.24. The largest absolute Gasteiger partial charge is 0.332 e. The molecule has 0 saturated carbocycles. The van der Waals surface area contributed by atoms with E-state index in [9.17, 15) is 9.59 Å².